The molecule has 1 aromatic rings. The summed E-state index contributed by atoms with van der Waals surface area (Å²) in [7, 11) is 0. The van der Waals surface area contributed by atoms with Crippen LogP contribution in [0, 0.1) is 6.92 Å². The minimum absolute atomic E-state index is 0.645. The van der Waals surface area contributed by atoms with Crippen molar-refractivity contribution >= 4 is 0 Å². The zero-order valence-electron chi connectivity index (χ0n) is 7.52. The van der Waals surface area contributed by atoms with Crippen LogP contribution in [-0.2, 0) is 12.1 Å². The molecule has 1 aliphatic rings. The predicted octanol–water partition coefficient (Wildman–Crippen LogP) is 3.13. The Morgan fingerprint density at radius 3 is 2.92 bits per heavy atom. The Hall–Kier alpha value is -0.850. The van der Waals surface area contributed by atoms with Gasteiger partial charge in [-0.05, 0) is 37.8 Å². The molecular weight excluding hydrogens is 151 g/mol. The molecule has 1 unspecified atom stereocenters. The molecule has 64 valence electrons. The smallest absolute Gasteiger partial charge is 0.133 e. The van der Waals surface area contributed by atoms with E-state index in [9.17, 15) is 4.39 Å². The first-order valence-electron chi connectivity index (χ1n) is 4.38. The number of hydrogen-bond acceptors (Lipinski definition) is 0. The molecule has 0 N–H and O–H groups in total. The number of benzene rings is 1. The highest BCUT2D eigenvalue weighted by molar-refractivity contribution is 5.39. The first kappa shape index (κ1) is 7.78. The summed E-state index contributed by atoms with van der Waals surface area (Å²) >= 11 is 0. The standard InChI is InChI=1S/C11H13F/c1-8-3-4-10-9(7-8)5-6-11(10,2)12/h3-4,7H,5-6H2,1-2H3. The van der Waals surface area contributed by atoms with Gasteiger partial charge in [-0.15, -0.1) is 0 Å². The van der Waals surface area contributed by atoms with E-state index in [1.165, 1.54) is 11.1 Å². The summed E-state index contributed by atoms with van der Waals surface area (Å²) < 4.78 is 13.7. The Morgan fingerprint density at radius 2 is 2.17 bits per heavy atom. The van der Waals surface area contributed by atoms with Gasteiger partial charge in [0.25, 0.3) is 0 Å². The third kappa shape index (κ3) is 1.04. The maximum Gasteiger partial charge on any atom is 0.133 e. The largest absolute Gasteiger partial charge is 0.239 e. The van der Waals surface area contributed by atoms with Crippen molar-refractivity contribution in [1.29, 1.82) is 0 Å². The van der Waals surface area contributed by atoms with Gasteiger partial charge in [0.05, 0.1) is 0 Å². The molecule has 0 nitrogen and oxygen atoms in total. The summed E-state index contributed by atoms with van der Waals surface area (Å²) in [4.78, 5) is 0. The molecule has 2 rings (SSSR count). The lowest BCUT2D eigenvalue weighted by Crippen LogP contribution is -2.09. The average molecular weight is 164 g/mol. The number of aryl methyl sites for hydroxylation is 2. The quantitative estimate of drug-likeness (QED) is 0.552. The number of alkyl halides is 1. The molecule has 12 heavy (non-hydrogen) atoms. The molecule has 0 fully saturated rings. The Morgan fingerprint density at radius 1 is 1.42 bits per heavy atom. The maximum absolute atomic E-state index is 13.7. The number of halogens is 1. The lowest BCUT2D eigenvalue weighted by atomic mass is 9.99. The van der Waals surface area contributed by atoms with Crippen molar-refractivity contribution in [3.8, 4) is 0 Å². The summed E-state index contributed by atoms with van der Waals surface area (Å²) in [6, 6.07) is 6.01. The van der Waals surface area contributed by atoms with Gasteiger partial charge in [-0.2, -0.15) is 0 Å². The van der Waals surface area contributed by atoms with Crippen molar-refractivity contribution in [2.75, 3.05) is 0 Å². The fraction of sp³-hybridized carbons (Fsp3) is 0.455. The molecule has 0 saturated carbocycles. The van der Waals surface area contributed by atoms with Crippen LogP contribution in [0.5, 0.6) is 0 Å². The van der Waals surface area contributed by atoms with Crippen LogP contribution in [0.15, 0.2) is 18.2 Å². The van der Waals surface area contributed by atoms with Gasteiger partial charge in [-0.3, -0.25) is 0 Å². The van der Waals surface area contributed by atoms with Crippen LogP contribution in [0.3, 0.4) is 0 Å². The average Bonchev–Trinajstić information content (AvgIpc) is 2.27. The molecule has 1 aromatic carbocycles. The van der Waals surface area contributed by atoms with Gasteiger partial charge in [0.1, 0.15) is 5.67 Å². The fourth-order valence-electron chi connectivity index (χ4n) is 1.94. The van der Waals surface area contributed by atoms with E-state index >= 15 is 0 Å². The predicted molar refractivity (Wildman–Crippen MR) is 48.0 cm³/mol. The van der Waals surface area contributed by atoms with E-state index in [1.54, 1.807) is 6.92 Å². The molecule has 1 atom stereocenters. The Bertz CT molecular complexity index is 313. The normalized spacial score (nSPS) is 27.2. The van der Waals surface area contributed by atoms with E-state index in [0.29, 0.717) is 6.42 Å². The first-order valence-corrected chi connectivity index (χ1v) is 4.38. The van der Waals surface area contributed by atoms with Gasteiger partial charge in [0.2, 0.25) is 0 Å². The second kappa shape index (κ2) is 2.32. The summed E-state index contributed by atoms with van der Waals surface area (Å²) in [5.41, 5.74) is 2.24. The van der Waals surface area contributed by atoms with Gasteiger partial charge >= 0.3 is 0 Å². The van der Waals surface area contributed by atoms with Crippen LogP contribution < -0.4 is 0 Å². The highest BCUT2D eigenvalue weighted by atomic mass is 19.1. The molecule has 0 saturated heterocycles. The molecule has 0 radical (unpaired) electrons. The van der Waals surface area contributed by atoms with Crippen molar-refractivity contribution in [3.05, 3.63) is 34.9 Å². The topological polar surface area (TPSA) is 0 Å². The molecule has 1 heteroatoms. The Labute approximate surface area is 72.4 Å². The third-order valence-corrected chi connectivity index (χ3v) is 2.69. The van der Waals surface area contributed by atoms with E-state index in [2.05, 4.69) is 6.07 Å². The molecule has 0 bridgehead atoms. The van der Waals surface area contributed by atoms with Crippen LogP contribution >= 0.6 is 0 Å². The maximum atomic E-state index is 13.7. The molecule has 0 aliphatic heterocycles. The van der Waals surface area contributed by atoms with Gasteiger partial charge in [0.15, 0.2) is 0 Å². The number of fused-ring (bicyclic) bond motifs is 1. The van der Waals surface area contributed by atoms with Crippen LogP contribution in [0.25, 0.3) is 0 Å². The van der Waals surface area contributed by atoms with Crippen molar-refractivity contribution in [2.24, 2.45) is 0 Å². The van der Waals surface area contributed by atoms with E-state index in [4.69, 9.17) is 0 Å². The van der Waals surface area contributed by atoms with E-state index < -0.39 is 5.67 Å². The van der Waals surface area contributed by atoms with Gasteiger partial charge in [-0.1, -0.05) is 23.8 Å². The zero-order chi connectivity index (χ0) is 8.77. The molecule has 1 aliphatic carbocycles. The molecule has 0 amide bonds. The van der Waals surface area contributed by atoms with Gasteiger partial charge in [0, 0.05) is 0 Å². The van der Waals surface area contributed by atoms with E-state index in [-0.39, 0.29) is 0 Å². The molecule has 0 heterocycles. The van der Waals surface area contributed by atoms with Crippen molar-refractivity contribution in [1.82, 2.24) is 0 Å². The van der Waals surface area contributed by atoms with E-state index in [1.807, 2.05) is 19.1 Å². The summed E-state index contributed by atoms with van der Waals surface area (Å²) in [6.07, 6.45) is 1.54. The highest BCUT2D eigenvalue weighted by Gasteiger charge is 2.33. The Balaban J connectivity index is 2.55. The van der Waals surface area contributed by atoms with Gasteiger partial charge < -0.3 is 0 Å². The van der Waals surface area contributed by atoms with Crippen LogP contribution in [0.4, 0.5) is 4.39 Å². The molecule has 0 spiro atoms. The monoisotopic (exact) mass is 164 g/mol. The summed E-state index contributed by atoms with van der Waals surface area (Å²) in [5, 5.41) is 0. The van der Waals surface area contributed by atoms with Crippen LogP contribution in [0.2, 0.25) is 0 Å². The summed E-state index contributed by atoms with van der Waals surface area (Å²) in [5.74, 6) is 0. The number of hydrogen-bond donors (Lipinski definition) is 0. The molecule has 0 aromatic heterocycles. The molecular formula is C11H13F. The van der Waals surface area contributed by atoms with Crippen LogP contribution in [-0.4, -0.2) is 0 Å². The second-order valence-electron chi connectivity index (χ2n) is 3.86. The third-order valence-electron chi connectivity index (χ3n) is 2.69. The van der Waals surface area contributed by atoms with Gasteiger partial charge in [-0.25, -0.2) is 4.39 Å². The van der Waals surface area contributed by atoms with Crippen molar-refractivity contribution < 1.29 is 4.39 Å². The van der Waals surface area contributed by atoms with E-state index in [0.717, 1.165) is 12.0 Å². The minimum Gasteiger partial charge on any atom is -0.239 e. The lowest BCUT2D eigenvalue weighted by molar-refractivity contribution is 0.194. The zero-order valence-corrected chi connectivity index (χ0v) is 7.52. The minimum atomic E-state index is -1.08. The Kier molecular flexibility index (Phi) is 1.50. The highest BCUT2D eigenvalue weighted by Crippen LogP contribution is 2.39. The first-order chi connectivity index (χ1) is 5.59. The summed E-state index contributed by atoms with van der Waals surface area (Å²) in [6.45, 7) is 3.72. The number of rotatable bonds is 0. The second-order valence-corrected chi connectivity index (χ2v) is 3.86. The fourth-order valence-corrected chi connectivity index (χ4v) is 1.94. The van der Waals surface area contributed by atoms with Crippen molar-refractivity contribution in [3.63, 3.8) is 0 Å². The lowest BCUT2D eigenvalue weighted by Gasteiger charge is -2.13. The van der Waals surface area contributed by atoms with Crippen molar-refractivity contribution in [2.45, 2.75) is 32.4 Å². The SMILES string of the molecule is Cc1ccc2c(c1)CCC2(C)F. The van der Waals surface area contributed by atoms with Crippen LogP contribution in [0.1, 0.15) is 30.0 Å².